The van der Waals surface area contributed by atoms with Gasteiger partial charge in [0.1, 0.15) is 10.6 Å². The van der Waals surface area contributed by atoms with Gasteiger partial charge in [-0.1, -0.05) is 23.4 Å². The molecular formula is C21H23ClN4O4S2. The van der Waals surface area contributed by atoms with Gasteiger partial charge in [0.2, 0.25) is 15.9 Å². The summed E-state index contributed by atoms with van der Waals surface area (Å²) < 4.78 is 33.0. The summed E-state index contributed by atoms with van der Waals surface area (Å²) in [5.41, 5.74) is 1.22. The molecule has 0 fully saturated rings. The van der Waals surface area contributed by atoms with E-state index in [9.17, 15) is 13.2 Å². The third-order valence-corrected chi connectivity index (χ3v) is 7.94. The SMILES string of the molecule is COc1ccc(-n2ccnc2SC(C)C(=O)Nc2ccc(Cl)c(S(=O)(=O)N(C)C)c2)cc1. The van der Waals surface area contributed by atoms with E-state index in [2.05, 4.69) is 10.3 Å². The van der Waals surface area contributed by atoms with Crippen molar-refractivity contribution in [3.8, 4) is 11.4 Å². The van der Waals surface area contributed by atoms with Crippen molar-refractivity contribution in [2.24, 2.45) is 0 Å². The second kappa shape index (κ2) is 9.95. The van der Waals surface area contributed by atoms with Crippen molar-refractivity contribution < 1.29 is 17.9 Å². The van der Waals surface area contributed by atoms with Crippen LogP contribution in [0.1, 0.15) is 6.92 Å². The number of benzene rings is 2. The van der Waals surface area contributed by atoms with E-state index in [0.717, 1.165) is 15.7 Å². The fourth-order valence-corrected chi connectivity index (χ4v) is 5.02. The summed E-state index contributed by atoms with van der Waals surface area (Å²) in [6.45, 7) is 1.75. The molecule has 0 aliphatic carbocycles. The molecule has 170 valence electrons. The highest BCUT2D eigenvalue weighted by Gasteiger charge is 2.23. The van der Waals surface area contributed by atoms with Gasteiger partial charge in [0.25, 0.3) is 0 Å². The number of ether oxygens (including phenoxy) is 1. The van der Waals surface area contributed by atoms with Gasteiger partial charge in [-0.3, -0.25) is 9.36 Å². The first-order valence-electron chi connectivity index (χ1n) is 9.51. The van der Waals surface area contributed by atoms with Gasteiger partial charge in [0.15, 0.2) is 5.16 Å². The fourth-order valence-electron chi connectivity index (χ4n) is 2.75. The van der Waals surface area contributed by atoms with Crippen LogP contribution in [0.5, 0.6) is 5.75 Å². The predicted octanol–water partition coefficient (Wildman–Crippen LogP) is 3.90. The van der Waals surface area contributed by atoms with Gasteiger partial charge in [-0.15, -0.1) is 0 Å². The summed E-state index contributed by atoms with van der Waals surface area (Å²) in [6, 6.07) is 11.8. The standard InChI is InChI=1S/C21H23ClN4O4S2/c1-14(31-21-23-11-12-26(21)16-6-8-17(30-4)9-7-16)20(27)24-15-5-10-18(22)19(13-15)32(28,29)25(2)3/h5-14H,1-4H3,(H,24,27). The second-order valence-electron chi connectivity index (χ2n) is 6.96. The van der Waals surface area contributed by atoms with Crippen LogP contribution < -0.4 is 10.1 Å². The Morgan fingerprint density at radius 1 is 1.22 bits per heavy atom. The Bertz CT molecular complexity index is 1210. The van der Waals surface area contributed by atoms with Crippen LogP contribution in [0.25, 0.3) is 5.69 Å². The number of amides is 1. The molecule has 0 aliphatic heterocycles. The number of carbonyl (C=O) groups is 1. The Morgan fingerprint density at radius 2 is 1.91 bits per heavy atom. The van der Waals surface area contributed by atoms with Crippen molar-refractivity contribution >= 4 is 45.0 Å². The van der Waals surface area contributed by atoms with Crippen molar-refractivity contribution in [2.45, 2.75) is 22.2 Å². The number of sulfonamides is 1. The Labute approximate surface area is 196 Å². The van der Waals surface area contributed by atoms with Crippen LogP contribution in [-0.2, 0) is 14.8 Å². The molecule has 0 saturated heterocycles. The van der Waals surface area contributed by atoms with Gasteiger partial charge in [-0.05, 0) is 49.4 Å². The van der Waals surface area contributed by atoms with Crippen LogP contribution in [0.2, 0.25) is 5.02 Å². The average molecular weight is 495 g/mol. The number of halogens is 1. The van der Waals surface area contributed by atoms with Gasteiger partial charge in [0.05, 0.1) is 17.4 Å². The maximum absolute atomic E-state index is 12.8. The largest absolute Gasteiger partial charge is 0.497 e. The highest BCUT2D eigenvalue weighted by molar-refractivity contribution is 8.00. The Morgan fingerprint density at radius 3 is 2.53 bits per heavy atom. The number of methoxy groups -OCH3 is 1. The molecule has 1 atom stereocenters. The number of carbonyl (C=O) groups excluding carboxylic acids is 1. The molecule has 1 heterocycles. The van der Waals surface area contributed by atoms with Crippen LogP contribution in [0.15, 0.2) is 64.9 Å². The molecule has 11 heteroatoms. The lowest BCUT2D eigenvalue weighted by Crippen LogP contribution is -2.24. The summed E-state index contributed by atoms with van der Waals surface area (Å²) in [6.07, 6.45) is 3.47. The molecule has 0 bridgehead atoms. The van der Waals surface area contributed by atoms with Crippen LogP contribution in [0.3, 0.4) is 0 Å². The van der Waals surface area contributed by atoms with Crippen molar-refractivity contribution in [3.63, 3.8) is 0 Å². The lowest BCUT2D eigenvalue weighted by Gasteiger charge is -2.16. The maximum atomic E-state index is 12.8. The maximum Gasteiger partial charge on any atom is 0.244 e. The molecular weight excluding hydrogens is 472 g/mol. The van der Waals surface area contributed by atoms with E-state index in [1.807, 2.05) is 35.0 Å². The average Bonchev–Trinajstić information content (AvgIpc) is 3.22. The number of imidazole rings is 1. The van der Waals surface area contributed by atoms with Crippen LogP contribution in [0, 0.1) is 0 Å². The van der Waals surface area contributed by atoms with Crippen LogP contribution in [0.4, 0.5) is 5.69 Å². The number of hydrogen-bond acceptors (Lipinski definition) is 6. The number of nitrogens with one attached hydrogen (secondary N) is 1. The van der Waals surface area contributed by atoms with E-state index >= 15 is 0 Å². The van der Waals surface area contributed by atoms with E-state index < -0.39 is 15.3 Å². The van der Waals surface area contributed by atoms with Crippen LogP contribution >= 0.6 is 23.4 Å². The van der Waals surface area contributed by atoms with Gasteiger partial charge >= 0.3 is 0 Å². The second-order valence-corrected chi connectivity index (χ2v) is 10.8. The number of hydrogen-bond donors (Lipinski definition) is 1. The van der Waals surface area contributed by atoms with Crippen molar-refractivity contribution in [1.29, 1.82) is 0 Å². The Hall–Kier alpha value is -2.53. The summed E-state index contributed by atoms with van der Waals surface area (Å²) in [4.78, 5) is 17.1. The molecule has 2 aromatic carbocycles. The van der Waals surface area contributed by atoms with Crippen molar-refractivity contribution in [1.82, 2.24) is 13.9 Å². The zero-order valence-electron chi connectivity index (χ0n) is 17.9. The number of nitrogens with zero attached hydrogens (tertiary/aromatic N) is 3. The number of anilines is 1. The zero-order valence-corrected chi connectivity index (χ0v) is 20.3. The molecule has 0 saturated carbocycles. The third-order valence-electron chi connectivity index (χ3n) is 4.57. The third kappa shape index (κ3) is 5.26. The molecule has 0 aliphatic rings. The summed E-state index contributed by atoms with van der Waals surface area (Å²) >= 11 is 7.35. The van der Waals surface area contributed by atoms with Gasteiger partial charge in [-0.25, -0.2) is 17.7 Å². The lowest BCUT2D eigenvalue weighted by atomic mass is 10.3. The van der Waals surface area contributed by atoms with E-state index in [4.69, 9.17) is 16.3 Å². The number of rotatable bonds is 8. The highest BCUT2D eigenvalue weighted by atomic mass is 35.5. The first kappa shape index (κ1) is 24.1. The first-order chi connectivity index (χ1) is 15.1. The predicted molar refractivity (Wildman–Crippen MR) is 126 cm³/mol. The Kier molecular flexibility index (Phi) is 7.50. The van der Waals surface area contributed by atoms with E-state index in [1.165, 1.54) is 38.0 Å². The molecule has 8 nitrogen and oxygen atoms in total. The van der Waals surface area contributed by atoms with Crippen molar-refractivity contribution in [3.05, 3.63) is 59.9 Å². The minimum absolute atomic E-state index is 0.0719. The Balaban J connectivity index is 1.75. The smallest absolute Gasteiger partial charge is 0.244 e. The van der Waals surface area contributed by atoms with Crippen molar-refractivity contribution in [2.75, 3.05) is 26.5 Å². The van der Waals surface area contributed by atoms with E-state index in [1.54, 1.807) is 26.3 Å². The summed E-state index contributed by atoms with van der Waals surface area (Å²) in [7, 11) is 0.693. The minimum atomic E-state index is -3.75. The lowest BCUT2D eigenvalue weighted by molar-refractivity contribution is -0.115. The molecule has 3 aromatic rings. The monoisotopic (exact) mass is 494 g/mol. The normalized spacial score (nSPS) is 12.6. The molecule has 32 heavy (non-hydrogen) atoms. The van der Waals surface area contributed by atoms with Gasteiger partial charge < -0.3 is 10.1 Å². The fraction of sp³-hybridized carbons (Fsp3) is 0.238. The van der Waals surface area contributed by atoms with Gasteiger partial charge in [0, 0.05) is 37.9 Å². The molecule has 1 unspecified atom stereocenters. The highest BCUT2D eigenvalue weighted by Crippen LogP contribution is 2.29. The summed E-state index contributed by atoms with van der Waals surface area (Å²) in [5, 5.41) is 2.98. The minimum Gasteiger partial charge on any atom is -0.497 e. The van der Waals surface area contributed by atoms with E-state index in [0.29, 0.717) is 10.8 Å². The molecule has 1 aromatic heterocycles. The zero-order chi connectivity index (χ0) is 23.5. The molecule has 0 radical (unpaired) electrons. The molecule has 3 rings (SSSR count). The first-order valence-corrected chi connectivity index (χ1v) is 12.2. The van der Waals surface area contributed by atoms with E-state index in [-0.39, 0.29) is 15.8 Å². The topological polar surface area (TPSA) is 93.5 Å². The number of thioether (sulfide) groups is 1. The summed E-state index contributed by atoms with van der Waals surface area (Å²) in [5.74, 6) is 0.448. The molecule has 0 spiro atoms. The molecule has 1 N–H and O–H groups in total. The van der Waals surface area contributed by atoms with Gasteiger partial charge in [-0.2, -0.15) is 0 Å². The molecule has 1 amide bonds. The van der Waals surface area contributed by atoms with Crippen LogP contribution in [-0.4, -0.2) is 54.6 Å². The quantitative estimate of drug-likeness (QED) is 0.477. The number of aromatic nitrogens is 2.